The number of ketones is 1. The molecule has 5 nitrogen and oxygen atoms in total. The van der Waals surface area contributed by atoms with Crippen LogP contribution in [0.1, 0.15) is 33.2 Å². The number of hydrogen-bond donors (Lipinski definition) is 2. The molecule has 2 aromatic carbocycles. The molecule has 3 aromatic rings. The molecule has 3 rings (SSSR count). The summed E-state index contributed by atoms with van der Waals surface area (Å²) in [6.07, 6.45) is -2.97. The second kappa shape index (κ2) is 8.14. The number of alkyl halides is 3. The summed E-state index contributed by atoms with van der Waals surface area (Å²) in [6.45, 7) is 1.48. The number of pyridine rings is 1. The van der Waals surface area contributed by atoms with Crippen LogP contribution in [0.15, 0.2) is 66.9 Å². The Hall–Kier alpha value is -3.68. The highest BCUT2D eigenvalue weighted by atomic mass is 19.4. The van der Waals surface area contributed by atoms with Gasteiger partial charge in [-0.15, -0.1) is 0 Å². The van der Waals surface area contributed by atoms with Gasteiger partial charge >= 0.3 is 6.18 Å². The third-order valence-corrected chi connectivity index (χ3v) is 4.04. The lowest BCUT2D eigenvalue weighted by Gasteiger charge is -2.10. The van der Waals surface area contributed by atoms with E-state index in [1.54, 1.807) is 36.4 Å². The zero-order valence-electron chi connectivity index (χ0n) is 15.2. The van der Waals surface area contributed by atoms with E-state index in [0.717, 1.165) is 24.3 Å². The molecular formula is C21H16F3N3O2. The van der Waals surface area contributed by atoms with Gasteiger partial charge in [0.15, 0.2) is 5.78 Å². The minimum Gasteiger partial charge on any atom is -0.354 e. The van der Waals surface area contributed by atoms with Gasteiger partial charge in [0.2, 0.25) is 0 Å². The van der Waals surface area contributed by atoms with Crippen molar-refractivity contribution in [2.75, 3.05) is 10.6 Å². The van der Waals surface area contributed by atoms with E-state index in [9.17, 15) is 22.8 Å². The number of carbonyl (C=O) groups is 2. The minimum atomic E-state index is -4.46. The maximum Gasteiger partial charge on any atom is 0.416 e. The molecule has 0 aliphatic heterocycles. The van der Waals surface area contributed by atoms with Gasteiger partial charge in [-0.2, -0.15) is 13.2 Å². The molecule has 8 heteroatoms. The Morgan fingerprint density at radius 1 is 0.897 bits per heavy atom. The maximum absolute atomic E-state index is 12.6. The average molecular weight is 399 g/mol. The van der Waals surface area contributed by atoms with Crippen LogP contribution in [0.2, 0.25) is 0 Å². The number of Topliss-reactive ketones (excluding diaryl/α,β-unsaturated/α-hetero) is 1. The lowest BCUT2D eigenvalue weighted by molar-refractivity contribution is -0.137. The van der Waals surface area contributed by atoms with Gasteiger partial charge in [-0.3, -0.25) is 9.59 Å². The van der Waals surface area contributed by atoms with Crippen molar-refractivity contribution in [1.82, 2.24) is 4.98 Å². The molecule has 29 heavy (non-hydrogen) atoms. The second-order valence-corrected chi connectivity index (χ2v) is 6.22. The van der Waals surface area contributed by atoms with Crippen molar-refractivity contribution in [2.45, 2.75) is 13.1 Å². The lowest BCUT2D eigenvalue weighted by Crippen LogP contribution is -2.13. The van der Waals surface area contributed by atoms with Crippen molar-refractivity contribution in [2.24, 2.45) is 0 Å². The van der Waals surface area contributed by atoms with E-state index in [0.29, 0.717) is 16.9 Å². The molecule has 0 saturated carbocycles. The van der Waals surface area contributed by atoms with E-state index in [-0.39, 0.29) is 17.2 Å². The Balaban J connectivity index is 1.65. The van der Waals surface area contributed by atoms with Gasteiger partial charge in [0.05, 0.1) is 17.4 Å². The average Bonchev–Trinajstić information content (AvgIpc) is 2.69. The van der Waals surface area contributed by atoms with Crippen molar-refractivity contribution in [3.63, 3.8) is 0 Å². The highest BCUT2D eigenvalue weighted by molar-refractivity contribution is 6.03. The number of aromatic nitrogens is 1. The summed E-state index contributed by atoms with van der Waals surface area (Å²) < 4.78 is 37.8. The fourth-order valence-corrected chi connectivity index (χ4v) is 2.52. The van der Waals surface area contributed by atoms with Crippen LogP contribution in [0.5, 0.6) is 0 Å². The van der Waals surface area contributed by atoms with E-state index >= 15 is 0 Å². The van der Waals surface area contributed by atoms with Crippen LogP contribution >= 0.6 is 0 Å². The number of amides is 1. The summed E-state index contributed by atoms with van der Waals surface area (Å²) in [6, 6.07) is 14.1. The molecule has 0 atom stereocenters. The predicted octanol–water partition coefficient (Wildman–Crippen LogP) is 5.30. The summed E-state index contributed by atoms with van der Waals surface area (Å²) in [4.78, 5) is 27.7. The summed E-state index contributed by atoms with van der Waals surface area (Å²) >= 11 is 0. The molecular weight excluding hydrogens is 383 g/mol. The normalized spacial score (nSPS) is 11.0. The second-order valence-electron chi connectivity index (χ2n) is 6.22. The van der Waals surface area contributed by atoms with Crippen molar-refractivity contribution in [1.29, 1.82) is 0 Å². The third kappa shape index (κ3) is 5.19. The van der Waals surface area contributed by atoms with Crippen LogP contribution in [0.25, 0.3) is 0 Å². The number of nitrogens with one attached hydrogen (secondary N) is 2. The van der Waals surface area contributed by atoms with Crippen LogP contribution in [0, 0.1) is 0 Å². The molecule has 0 fully saturated rings. The Kier molecular flexibility index (Phi) is 5.63. The van der Waals surface area contributed by atoms with E-state index in [1.807, 2.05) is 0 Å². The SMILES string of the molecule is CC(=O)c1cccc(Nc2ccc(NC(=O)c3ccc(C(F)(F)F)cc3)nc2)c1. The molecule has 0 radical (unpaired) electrons. The zero-order chi connectivity index (χ0) is 21.0. The van der Waals surface area contributed by atoms with Gasteiger partial charge < -0.3 is 10.6 Å². The van der Waals surface area contributed by atoms with Gasteiger partial charge in [-0.25, -0.2) is 4.98 Å². The Labute approximate surface area is 164 Å². The largest absolute Gasteiger partial charge is 0.416 e. The summed E-state index contributed by atoms with van der Waals surface area (Å²) in [7, 11) is 0. The number of nitrogens with zero attached hydrogens (tertiary/aromatic N) is 1. The molecule has 0 saturated heterocycles. The van der Waals surface area contributed by atoms with E-state index in [4.69, 9.17) is 0 Å². The van der Waals surface area contributed by atoms with Crippen LogP contribution < -0.4 is 10.6 Å². The van der Waals surface area contributed by atoms with Crippen molar-refractivity contribution in [3.05, 3.63) is 83.6 Å². The monoisotopic (exact) mass is 399 g/mol. The van der Waals surface area contributed by atoms with Crippen LogP contribution in [-0.4, -0.2) is 16.7 Å². The topological polar surface area (TPSA) is 71.1 Å². The minimum absolute atomic E-state index is 0.0481. The molecule has 0 bridgehead atoms. The fourth-order valence-electron chi connectivity index (χ4n) is 2.52. The highest BCUT2D eigenvalue weighted by Gasteiger charge is 2.30. The molecule has 0 spiro atoms. The van der Waals surface area contributed by atoms with Crippen LogP contribution in [0.3, 0.4) is 0 Å². The quantitative estimate of drug-likeness (QED) is 0.571. The van der Waals surface area contributed by atoms with E-state index < -0.39 is 17.6 Å². The third-order valence-electron chi connectivity index (χ3n) is 4.04. The van der Waals surface area contributed by atoms with Gasteiger partial charge in [-0.05, 0) is 55.5 Å². The number of benzene rings is 2. The molecule has 2 N–H and O–H groups in total. The first-order valence-corrected chi connectivity index (χ1v) is 8.55. The van der Waals surface area contributed by atoms with E-state index in [1.165, 1.54) is 13.1 Å². The Morgan fingerprint density at radius 2 is 1.62 bits per heavy atom. The number of anilines is 3. The maximum atomic E-state index is 12.6. The number of hydrogen-bond acceptors (Lipinski definition) is 4. The zero-order valence-corrected chi connectivity index (χ0v) is 15.2. The van der Waals surface area contributed by atoms with Gasteiger partial charge in [0.25, 0.3) is 5.91 Å². The lowest BCUT2D eigenvalue weighted by atomic mass is 10.1. The van der Waals surface area contributed by atoms with Crippen molar-refractivity contribution in [3.8, 4) is 0 Å². The smallest absolute Gasteiger partial charge is 0.354 e. The van der Waals surface area contributed by atoms with Crippen molar-refractivity contribution >= 4 is 28.9 Å². The number of rotatable bonds is 5. The summed E-state index contributed by atoms with van der Waals surface area (Å²) in [5.41, 5.74) is 1.18. The van der Waals surface area contributed by atoms with E-state index in [2.05, 4.69) is 15.6 Å². The molecule has 1 heterocycles. The number of carbonyl (C=O) groups excluding carboxylic acids is 2. The molecule has 1 aromatic heterocycles. The Bertz CT molecular complexity index is 1030. The highest BCUT2D eigenvalue weighted by Crippen LogP contribution is 2.29. The fraction of sp³-hybridized carbons (Fsp3) is 0.0952. The van der Waals surface area contributed by atoms with Crippen LogP contribution in [0.4, 0.5) is 30.4 Å². The first-order valence-electron chi connectivity index (χ1n) is 8.55. The Morgan fingerprint density at radius 3 is 2.21 bits per heavy atom. The first kappa shape index (κ1) is 20.1. The molecule has 1 amide bonds. The molecule has 0 aliphatic carbocycles. The van der Waals surface area contributed by atoms with Gasteiger partial charge in [0, 0.05) is 16.8 Å². The molecule has 0 unspecified atom stereocenters. The number of halogens is 3. The van der Waals surface area contributed by atoms with Crippen molar-refractivity contribution < 1.29 is 22.8 Å². The van der Waals surface area contributed by atoms with Gasteiger partial charge in [-0.1, -0.05) is 12.1 Å². The molecule has 148 valence electrons. The van der Waals surface area contributed by atoms with Crippen LogP contribution in [-0.2, 0) is 6.18 Å². The first-order chi connectivity index (χ1) is 13.7. The summed E-state index contributed by atoms with van der Waals surface area (Å²) in [5.74, 6) is -0.368. The standard InChI is InChI=1S/C21H16F3N3O2/c1-13(28)15-3-2-4-17(11-15)26-18-9-10-19(25-12-18)27-20(29)14-5-7-16(8-6-14)21(22,23)24/h2-12,26H,1H3,(H,25,27,29). The molecule has 0 aliphatic rings. The van der Waals surface area contributed by atoms with Gasteiger partial charge in [0.1, 0.15) is 5.82 Å². The predicted molar refractivity (Wildman–Crippen MR) is 103 cm³/mol. The summed E-state index contributed by atoms with van der Waals surface area (Å²) in [5, 5.41) is 5.63.